The van der Waals surface area contributed by atoms with E-state index in [9.17, 15) is 4.79 Å². The van der Waals surface area contributed by atoms with E-state index in [2.05, 4.69) is 12.2 Å². The van der Waals surface area contributed by atoms with Crippen LogP contribution in [-0.2, 0) is 11.2 Å². The third kappa shape index (κ3) is 2.99. The first-order chi connectivity index (χ1) is 10.3. The number of aryl methyl sites for hydroxylation is 1. The summed E-state index contributed by atoms with van der Waals surface area (Å²) >= 11 is 0. The molecular weight excluding hydrogens is 266 g/mol. The highest BCUT2D eigenvalue weighted by atomic mass is 16.6. The van der Waals surface area contributed by atoms with Crippen molar-refractivity contribution in [2.75, 3.05) is 11.9 Å². The van der Waals surface area contributed by atoms with E-state index in [-0.39, 0.29) is 12.5 Å². The van der Waals surface area contributed by atoms with Crippen molar-refractivity contribution in [3.8, 4) is 11.5 Å². The molecule has 1 aliphatic rings. The van der Waals surface area contributed by atoms with Gasteiger partial charge in [0.05, 0.1) is 0 Å². The number of para-hydroxylation sites is 2. The average Bonchev–Trinajstić information content (AvgIpc) is 2.54. The number of amides is 1. The van der Waals surface area contributed by atoms with E-state index in [4.69, 9.17) is 9.47 Å². The van der Waals surface area contributed by atoms with Crippen molar-refractivity contribution in [3.63, 3.8) is 0 Å². The SMILES string of the molecule is CCc1cccc(NC(=O)[C@H]2COc3ccccc3O2)c1. The van der Waals surface area contributed by atoms with Crippen LogP contribution in [-0.4, -0.2) is 18.6 Å². The highest BCUT2D eigenvalue weighted by Crippen LogP contribution is 2.31. The summed E-state index contributed by atoms with van der Waals surface area (Å²) in [5.41, 5.74) is 1.96. The standard InChI is InChI=1S/C17H17NO3/c1-2-12-6-5-7-13(10-12)18-17(19)16-11-20-14-8-3-4-9-15(14)21-16/h3-10,16H,2,11H2,1H3,(H,18,19)/t16-/m1/s1. The van der Waals surface area contributed by atoms with E-state index in [1.807, 2.05) is 42.5 Å². The Morgan fingerprint density at radius 1 is 1.19 bits per heavy atom. The minimum Gasteiger partial charge on any atom is -0.485 e. The lowest BCUT2D eigenvalue weighted by Gasteiger charge is -2.25. The van der Waals surface area contributed by atoms with E-state index in [0.717, 1.165) is 12.1 Å². The number of hydrogen-bond acceptors (Lipinski definition) is 3. The van der Waals surface area contributed by atoms with Gasteiger partial charge in [-0.1, -0.05) is 31.2 Å². The van der Waals surface area contributed by atoms with E-state index in [1.165, 1.54) is 5.56 Å². The Morgan fingerprint density at radius 2 is 2.00 bits per heavy atom. The Morgan fingerprint density at radius 3 is 2.81 bits per heavy atom. The number of carbonyl (C=O) groups excluding carboxylic acids is 1. The number of rotatable bonds is 3. The molecule has 2 aromatic carbocycles. The number of hydrogen-bond donors (Lipinski definition) is 1. The lowest BCUT2D eigenvalue weighted by Crippen LogP contribution is -2.40. The molecule has 0 aliphatic carbocycles. The van der Waals surface area contributed by atoms with Gasteiger partial charge in [-0.15, -0.1) is 0 Å². The molecule has 1 amide bonds. The summed E-state index contributed by atoms with van der Waals surface area (Å²) < 4.78 is 11.2. The largest absolute Gasteiger partial charge is 0.485 e. The van der Waals surface area contributed by atoms with Crippen molar-refractivity contribution in [1.82, 2.24) is 0 Å². The lowest BCUT2D eigenvalue weighted by atomic mass is 10.1. The molecule has 0 bridgehead atoms. The Bertz CT molecular complexity index is 654. The van der Waals surface area contributed by atoms with Crippen LogP contribution in [0.5, 0.6) is 11.5 Å². The van der Waals surface area contributed by atoms with E-state index >= 15 is 0 Å². The van der Waals surface area contributed by atoms with Gasteiger partial charge in [-0.2, -0.15) is 0 Å². The molecule has 0 fully saturated rings. The van der Waals surface area contributed by atoms with E-state index in [0.29, 0.717) is 11.5 Å². The molecule has 1 heterocycles. The highest BCUT2D eigenvalue weighted by Gasteiger charge is 2.27. The van der Waals surface area contributed by atoms with Crippen molar-refractivity contribution < 1.29 is 14.3 Å². The highest BCUT2D eigenvalue weighted by molar-refractivity contribution is 5.94. The first-order valence-electron chi connectivity index (χ1n) is 7.04. The van der Waals surface area contributed by atoms with Gasteiger partial charge >= 0.3 is 0 Å². The van der Waals surface area contributed by atoms with Crippen LogP contribution in [0.3, 0.4) is 0 Å². The van der Waals surface area contributed by atoms with Gasteiger partial charge in [-0.3, -0.25) is 4.79 Å². The normalized spacial score (nSPS) is 16.3. The van der Waals surface area contributed by atoms with Gasteiger partial charge in [0.25, 0.3) is 5.91 Å². The second-order valence-corrected chi connectivity index (χ2v) is 4.91. The summed E-state index contributed by atoms with van der Waals surface area (Å²) in [5, 5.41) is 2.87. The summed E-state index contributed by atoms with van der Waals surface area (Å²) in [6.45, 7) is 2.30. The number of ether oxygens (including phenoxy) is 2. The number of carbonyl (C=O) groups is 1. The Kier molecular flexibility index (Phi) is 3.77. The van der Waals surface area contributed by atoms with Gasteiger partial charge in [-0.05, 0) is 36.2 Å². The lowest BCUT2D eigenvalue weighted by molar-refractivity contribution is -0.125. The molecular formula is C17H17NO3. The quantitative estimate of drug-likeness (QED) is 0.942. The van der Waals surface area contributed by atoms with Crippen LogP contribution < -0.4 is 14.8 Å². The van der Waals surface area contributed by atoms with Crippen molar-refractivity contribution in [2.24, 2.45) is 0 Å². The molecule has 1 atom stereocenters. The number of fused-ring (bicyclic) bond motifs is 1. The van der Waals surface area contributed by atoms with Gasteiger partial charge in [-0.25, -0.2) is 0 Å². The zero-order valence-corrected chi connectivity index (χ0v) is 11.8. The van der Waals surface area contributed by atoms with Crippen molar-refractivity contribution in [1.29, 1.82) is 0 Å². The maximum absolute atomic E-state index is 12.3. The smallest absolute Gasteiger partial charge is 0.269 e. The van der Waals surface area contributed by atoms with Gasteiger partial charge in [0.15, 0.2) is 11.5 Å². The zero-order valence-electron chi connectivity index (χ0n) is 11.8. The Labute approximate surface area is 123 Å². The third-order valence-corrected chi connectivity index (χ3v) is 3.40. The molecule has 0 spiro atoms. The van der Waals surface area contributed by atoms with Crippen LogP contribution in [0, 0.1) is 0 Å². The van der Waals surface area contributed by atoms with E-state index < -0.39 is 6.10 Å². The van der Waals surface area contributed by atoms with Gasteiger partial charge in [0.1, 0.15) is 6.61 Å². The molecule has 0 saturated carbocycles. The summed E-state index contributed by atoms with van der Waals surface area (Å²) in [7, 11) is 0. The van der Waals surface area contributed by atoms with Crippen molar-refractivity contribution in [3.05, 3.63) is 54.1 Å². The summed E-state index contributed by atoms with van der Waals surface area (Å²) in [4.78, 5) is 12.3. The first kappa shape index (κ1) is 13.5. The van der Waals surface area contributed by atoms with Crippen molar-refractivity contribution in [2.45, 2.75) is 19.4 Å². The van der Waals surface area contributed by atoms with Gasteiger partial charge < -0.3 is 14.8 Å². The second-order valence-electron chi connectivity index (χ2n) is 4.91. The summed E-state index contributed by atoms with van der Waals surface area (Å²) in [6.07, 6.45) is 0.297. The Balaban J connectivity index is 1.69. The fraction of sp³-hybridized carbons (Fsp3) is 0.235. The molecule has 4 nitrogen and oxygen atoms in total. The Hall–Kier alpha value is -2.49. The monoisotopic (exact) mass is 283 g/mol. The van der Waals surface area contributed by atoms with E-state index in [1.54, 1.807) is 6.07 Å². The molecule has 108 valence electrons. The molecule has 1 aliphatic heterocycles. The number of benzene rings is 2. The van der Waals surface area contributed by atoms with Crippen LogP contribution in [0.4, 0.5) is 5.69 Å². The maximum atomic E-state index is 12.3. The van der Waals surface area contributed by atoms with Crippen LogP contribution in [0.1, 0.15) is 12.5 Å². The number of nitrogens with one attached hydrogen (secondary N) is 1. The molecule has 0 saturated heterocycles. The van der Waals surface area contributed by atoms with Crippen LogP contribution >= 0.6 is 0 Å². The second kappa shape index (κ2) is 5.87. The summed E-state index contributed by atoms with van der Waals surface area (Å²) in [6, 6.07) is 15.2. The average molecular weight is 283 g/mol. The first-order valence-corrected chi connectivity index (χ1v) is 7.04. The molecule has 0 aromatic heterocycles. The maximum Gasteiger partial charge on any atom is 0.269 e. The molecule has 2 aromatic rings. The fourth-order valence-electron chi connectivity index (χ4n) is 2.24. The predicted octanol–water partition coefficient (Wildman–Crippen LogP) is 3.03. The minimum absolute atomic E-state index is 0.197. The summed E-state index contributed by atoms with van der Waals surface area (Å²) in [5.74, 6) is 1.08. The fourth-order valence-corrected chi connectivity index (χ4v) is 2.24. The topological polar surface area (TPSA) is 47.6 Å². The number of anilines is 1. The van der Waals surface area contributed by atoms with Crippen molar-refractivity contribution >= 4 is 11.6 Å². The predicted molar refractivity (Wildman–Crippen MR) is 80.8 cm³/mol. The molecule has 0 radical (unpaired) electrons. The van der Waals surface area contributed by atoms with Gasteiger partial charge in [0, 0.05) is 5.69 Å². The molecule has 3 rings (SSSR count). The molecule has 21 heavy (non-hydrogen) atoms. The van der Waals surface area contributed by atoms with Gasteiger partial charge in [0.2, 0.25) is 6.10 Å². The minimum atomic E-state index is -0.634. The molecule has 1 N–H and O–H groups in total. The van der Waals surface area contributed by atoms with Crippen LogP contribution in [0.15, 0.2) is 48.5 Å². The van der Waals surface area contributed by atoms with Crippen LogP contribution in [0.2, 0.25) is 0 Å². The van der Waals surface area contributed by atoms with Crippen LogP contribution in [0.25, 0.3) is 0 Å². The molecule has 4 heteroatoms. The zero-order chi connectivity index (χ0) is 14.7. The molecule has 0 unspecified atom stereocenters. The third-order valence-electron chi connectivity index (χ3n) is 3.40.